The molecule has 3 N–H and O–H groups in total. The molecule has 254 valence electrons. The molecule has 48 heavy (non-hydrogen) atoms. The Labute approximate surface area is 280 Å². The molecule has 0 aromatic heterocycles. The standard InChI is InChI=1S/C36H43N5O7/c1-40-23-32(42)38-28(20-26-12-5-3-6-13-26)25-48-31-17-10-9-16-29(31)35(45)39-30(36(46)37-18-11-19-47-2)21-33(43)41(24-34(40)44)22-27-14-7-4-8-15-27/h3-10,12-17,28,30H,11,18-25H2,1-2H3,(H,37,46)(H,38,42)(H,39,45)/t28-,30+/m1/s1. The number of nitrogens with zero attached hydrogens (tertiary/aromatic N) is 2. The third-order valence-corrected chi connectivity index (χ3v) is 7.79. The highest BCUT2D eigenvalue weighted by Crippen LogP contribution is 2.20. The van der Waals surface area contributed by atoms with Crippen LogP contribution in [0, 0.1) is 0 Å². The zero-order chi connectivity index (χ0) is 34.3. The van der Waals surface area contributed by atoms with E-state index >= 15 is 0 Å². The molecule has 1 aliphatic rings. The van der Waals surface area contributed by atoms with Crippen LogP contribution >= 0.6 is 0 Å². The molecule has 4 rings (SSSR count). The average Bonchev–Trinajstić information content (AvgIpc) is 3.09. The van der Waals surface area contributed by atoms with Gasteiger partial charge in [0, 0.05) is 33.9 Å². The Morgan fingerprint density at radius 2 is 1.54 bits per heavy atom. The predicted octanol–water partition coefficient (Wildman–Crippen LogP) is 1.93. The van der Waals surface area contributed by atoms with E-state index in [1.807, 2.05) is 60.7 Å². The number of likely N-dealkylation sites (N-methyl/N-ethyl adjacent to an activating group) is 1. The number of hydrogen-bond acceptors (Lipinski definition) is 7. The smallest absolute Gasteiger partial charge is 0.255 e. The number of nitrogens with one attached hydrogen (secondary N) is 3. The highest BCUT2D eigenvalue weighted by molar-refractivity contribution is 6.01. The van der Waals surface area contributed by atoms with Crippen LogP contribution in [0.4, 0.5) is 0 Å². The van der Waals surface area contributed by atoms with Crippen molar-refractivity contribution in [1.82, 2.24) is 25.8 Å². The summed E-state index contributed by atoms with van der Waals surface area (Å²) in [7, 11) is 3.05. The van der Waals surface area contributed by atoms with Gasteiger partial charge in [-0.05, 0) is 36.1 Å². The minimum atomic E-state index is -1.25. The van der Waals surface area contributed by atoms with Crippen LogP contribution in [0.2, 0.25) is 0 Å². The second kappa shape index (κ2) is 18.2. The first-order valence-electron chi connectivity index (χ1n) is 15.9. The van der Waals surface area contributed by atoms with Gasteiger partial charge in [-0.25, -0.2) is 0 Å². The second-order valence-corrected chi connectivity index (χ2v) is 11.6. The molecule has 0 saturated carbocycles. The van der Waals surface area contributed by atoms with Crippen LogP contribution in [-0.2, 0) is 36.9 Å². The lowest BCUT2D eigenvalue weighted by atomic mass is 10.1. The molecular weight excluding hydrogens is 614 g/mol. The molecule has 0 fully saturated rings. The van der Waals surface area contributed by atoms with Crippen LogP contribution in [-0.4, -0.2) is 98.4 Å². The number of fused-ring (bicyclic) bond motifs is 1. The Kier molecular flexibility index (Phi) is 13.5. The number of benzene rings is 3. The van der Waals surface area contributed by atoms with Crippen LogP contribution in [0.25, 0.3) is 0 Å². The third-order valence-electron chi connectivity index (χ3n) is 7.79. The van der Waals surface area contributed by atoms with Gasteiger partial charge in [0.2, 0.25) is 23.6 Å². The van der Waals surface area contributed by atoms with Gasteiger partial charge >= 0.3 is 0 Å². The second-order valence-electron chi connectivity index (χ2n) is 11.6. The summed E-state index contributed by atoms with van der Waals surface area (Å²) in [6.07, 6.45) is 0.559. The van der Waals surface area contributed by atoms with Crippen molar-refractivity contribution in [2.45, 2.75) is 37.9 Å². The van der Waals surface area contributed by atoms with Gasteiger partial charge in [0.25, 0.3) is 5.91 Å². The summed E-state index contributed by atoms with van der Waals surface area (Å²) in [5, 5.41) is 8.46. The molecule has 5 amide bonds. The van der Waals surface area contributed by atoms with Crippen molar-refractivity contribution in [2.24, 2.45) is 0 Å². The zero-order valence-corrected chi connectivity index (χ0v) is 27.4. The van der Waals surface area contributed by atoms with Crippen molar-refractivity contribution in [1.29, 1.82) is 0 Å². The van der Waals surface area contributed by atoms with Crippen LogP contribution in [0.15, 0.2) is 84.9 Å². The fourth-order valence-corrected chi connectivity index (χ4v) is 5.22. The minimum absolute atomic E-state index is 0.0232. The number of carbonyl (C=O) groups is 5. The van der Waals surface area contributed by atoms with Crippen LogP contribution in [0.1, 0.15) is 34.3 Å². The number of para-hydroxylation sites is 1. The van der Waals surface area contributed by atoms with Crippen molar-refractivity contribution >= 4 is 29.5 Å². The van der Waals surface area contributed by atoms with Crippen LogP contribution in [0.3, 0.4) is 0 Å². The normalized spacial score (nSPS) is 18.2. The van der Waals surface area contributed by atoms with Crippen molar-refractivity contribution < 1.29 is 33.4 Å². The molecule has 0 unspecified atom stereocenters. The lowest BCUT2D eigenvalue weighted by Crippen LogP contribution is -2.51. The van der Waals surface area contributed by atoms with Crippen molar-refractivity contribution in [2.75, 3.05) is 47.0 Å². The summed E-state index contributed by atoms with van der Waals surface area (Å²) < 4.78 is 11.2. The Morgan fingerprint density at radius 1 is 0.875 bits per heavy atom. The van der Waals surface area contributed by atoms with Crippen LogP contribution < -0.4 is 20.7 Å². The maximum absolute atomic E-state index is 13.8. The SMILES string of the molecule is COCCCNC(=O)[C@@H]1CC(=O)N(Cc2ccccc2)CC(=O)N(C)CC(=O)N[C@H](Cc2ccccc2)COc2ccccc2C(=O)N1. The van der Waals surface area contributed by atoms with Crippen molar-refractivity contribution in [3.8, 4) is 5.75 Å². The van der Waals surface area contributed by atoms with E-state index in [4.69, 9.17) is 9.47 Å². The molecule has 1 aliphatic heterocycles. The summed E-state index contributed by atoms with van der Waals surface area (Å²) in [6, 6.07) is 23.5. The van der Waals surface area contributed by atoms with Gasteiger partial charge in [0.1, 0.15) is 24.9 Å². The number of amides is 5. The summed E-state index contributed by atoms with van der Waals surface area (Å²) in [6.45, 7) is 0.207. The predicted molar refractivity (Wildman–Crippen MR) is 179 cm³/mol. The molecule has 12 heteroatoms. The minimum Gasteiger partial charge on any atom is -0.491 e. The Balaban J connectivity index is 1.67. The highest BCUT2D eigenvalue weighted by Gasteiger charge is 2.30. The number of carbonyl (C=O) groups excluding carboxylic acids is 5. The Hall–Kier alpha value is -5.23. The first-order valence-corrected chi connectivity index (χ1v) is 15.9. The Bertz CT molecular complexity index is 1540. The molecular formula is C36H43N5O7. The van der Waals surface area contributed by atoms with E-state index in [0.29, 0.717) is 19.4 Å². The lowest BCUT2D eigenvalue weighted by molar-refractivity contribution is -0.142. The van der Waals surface area contributed by atoms with Gasteiger partial charge in [-0.15, -0.1) is 0 Å². The lowest BCUT2D eigenvalue weighted by Gasteiger charge is -2.27. The van der Waals surface area contributed by atoms with E-state index in [1.165, 1.54) is 16.8 Å². The average molecular weight is 658 g/mol. The van der Waals surface area contributed by atoms with E-state index in [9.17, 15) is 24.0 Å². The fourth-order valence-electron chi connectivity index (χ4n) is 5.22. The van der Waals surface area contributed by atoms with E-state index < -0.39 is 48.0 Å². The molecule has 0 aliphatic carbocycles. The maximum Gasteiger partial charge on any atom is 0.255 e. The molecule has 1 heterocycles. The molecule has 3 aromatic rings. The molecule has 2 atom stereocenters. The van der Waals surface area contributed by atoms with Gasteiger partial charge in [-0.3, -0.25) is 24.0 Å². The number of methoxy groups -OCH3 is 1. The zero-order valence-electron chi connectivity index (χ0n) is 27.4. The van der Waals surface area contributed by atoms with Crippen LogP contribution in [0.5, 0.6) is 5.75 Å². The fraction of sp³-hybridized carbons (Fsp3) is 0.361. The van der Waals surface area contributed by atoms with Gasteiger partial charge in [-0.2, -0.15) is 0 Å². The summed E-state index contributed by atoms with van der Waals surface area (Å²) in [5.41, 5.74) is 1.89. The largest absolute Gasteiger partial charge is 0.491 e. The molecule has 0 spiro atoms. The topological polar surface area (TPSA) is 146 Å². The van der Waals surface area contributed by atoms with Crippen molar-refractivity contribution in [3.05, 3.63) is 102 Å². The number of rotatable bonds is 9. The summed E-state index contributed by atoms with van der Waals surface area (Å²) >= 11 is 0. The monoisotopic (exact) mass is 657 g/mol. The van der Waals surface area contributed by atoms with Gasteiger partial charge in [0.15, 0.2) is 0 Å². The van der Waals surface area contributed by atoms with Gasteiger partial charge in [-0.1, -0.05) is 72.8 Å². The summed E-state index contributed by atoms with van der Waals surface area (Å²) in [4.78, 5) is 70.1. The van der Waals surface area contributed by atoms with E-state index in [0.717, 1.165) is 11.1 Å². The Morgan fingerprint density at radius 3 is 2.25 bits per heavy atom. The molecule has 0 radical (unpaired) electrons. The number of hydrogen-bond donors (Lipinski definition) is 3. The third kappa shape index (κ3) is 10.9. The summed E-state index contributed by atoms with van der Waals surface area (Å²) in [5.74, 6) is -2.32. The first-order chi connectivity index (χ1) is 23.2. The number of ether oxygens (including phenoxy) is 2. The van der Waals surface area contributed by atoms with E-state index in [2.05, 4.69) is 16.0 Å². The molecule has 12 nitrogen and oxygen atoms in total. The maximum atomic E-state index is 13.8. The first kappa shape index (κ1) is 35.6. The molecule has 3 aromatic carbocycles. The molecule has 0 saturated heterocycles. The molecule has 0 bridgehead atoms. The quantitative estimate of drug-likeness (QED) is 0.298. The van der Waals surface area contributed by atoms with E-state index in [-0.39, 0.29) is 44.1 Å². The van der Waals surface area contributed by atoms with Gasteiger partial charge in [0.05, 0.1) is 24.6 Å². The van der Waals surface area contributed by atoms with Gasteiger partial charge < -0.3 is 35.2 Å². The highest BCUT2D eigenvalue weighted by atomic mass is 16.5. The van der Waals surface area contributed by atoms with Crippen molar-refractivity contribution in [3.63, 3.8) is 0 Å². The van der Waals surface area contributed by atoms with E-state index in [1.54, 1.807) is 31.4 Å².